The van der Waals surface area contributed by atoms with Crippen molar-refractivity contribution in [2.75, 3.05) is 6.42 Å². The van der Waals surface area contributed by atoms with Crippen LogP contribution in [0.25, 0.3) is 0 Å². The highest BCUT2D eigenvalue weighted by Gasteiger charge is 2.39. The number of ether oxygens (including phenoxy) is 1. The van der Waals surface area contributed by atoms with Gasteiger partial charge in [-0.25, -0.2) is 13.8 Å². The lowest BCUT2D eigenvalue weighted by Gasteiger charge is -2.31. The Hall–Kier alpha value is -0.820. The molecular formula is C16H29FN2O6P2. The van der Waals surface area contributed by atoms with Gasteiger partial charge in [-0.05, 0) is 46.1 Å². The second kappa shape index (κ2) is 10.6. The van der Waals surface area contributed by atoms with Gasteiger partial charge in [0.05, 0.1) is 18.3 Å². The Kier molecular flexibility index (Phi) is 9.55. The number of allylic oxidation sites excluding steroid dienone is 1. The molecule has 1 saturated heterocycles. The molecule has 0 spiro atoms. The fraction of sp³-hybridized carbons (Fsp3) is 0.688. The fourth-order valence-corrected chi connectivity index (χ4v) is 3.75. The van der Waals surface area contributed by atoms with E-state index < -0.39 is 32.4 Å². The van der Waals surface area contributed by atoms with E-state index in [0.717, 1.165) is 5.57 Å². The third kappa shape index (κ3) is 7.60. The summed E-state index contributed by atoms with van der Waals surface area (Å²) in [6.45, 7) is 10.5. The molecule has 2 N–H and O–H groups in total. The maximum atomic E-state index is 12.1. The lowest BCUT2D eigenvalue weighted by atomic mass is 10.1. The summed E-state index contributed by atoms with van der Waals surface area (Å²) >= 11 is 0. The number of hydrogen-bond acceptors (Lipinski definition) is 5. The highest BCUT2D eigenvalue weighted by atomic mass is 31.2. The number of nitrogens with zero attached hydrogens (tertiary/aromatic N) is 1. The average Bonchev–Trinajstić information content (AvgIpc) is 2.99. The van der Waals surface area contributed by atoms with Gasteiger partial charge in [-0.1, -0.05) is 6.58 Å². The molecule has 0 saturated carbocycles. The summed E-state index contributed by atoms with van der Waals surface area (Å²) in [5.74, 6) is 0. The molecule has 8 nitrogen and oxygen atoms in total. The molecule has 0 aromatic rings. The summed E-state index contributed by atoms with van der Waals surface area (Å²) in [4.78, 5) is 23.2. The van der Waals surface area contributed by atoms with E-state index in [4.69, 9.17) is 13.8 Å². The van der Waals surface area contributed by atoms with Crippen LogP contribution in [0.2, 0.25) is 0 Å². The molecule has 2 amide bonds. The maximum absolute atomic E-state index is 12.1. The van der Waals surface area contributed by atoms with Gasteiger partial charge in [0.1, 0.15) is 12.6 Å². The van der Waals surface area contributed by atoms with Crippen LogP contribution in [0.3, 0.4) is 0 Å². The fourth-order valence-electron chi connectivity index (χ4n) is 2.62. The zero-order chi connectivity index (χ0) is 20.8. The number of carbonyl (C=O) groups is 1. The molecule has 0 aliphatic carbocycles. The van der Waals surface area contributed by atoms with E-state index in [1.807, 2.05) is 16.2 Å². The molecule has 2 rings (SSSR count). The molecule has 2 aliphatic rings. The molecule has 27 heavy (non-hydrogen) atoms. The molecule has 5 atom stereocenters. The van der Waals surface area contributed by atoms with Gasteiger partial charge in [-0.15, -0.1) is 9.24 Å². The zero-order valence-electron chi connectivity index (χ0n) is 16.1. The standard InChI is InChI=1S/C15H25N2O6P.CH4FP/c1-9(2)22-24(19,20)23-12(5)13-6-7-14(21-13)17-8-10(3)11(4)16-15(17)18;2-1-3/h8-9,12-14H,4,6-7H2,1-3,5H3,(H,16,18)(H,19,20);1,3H2/t12-,13?,14?;/m0./s1. The molecule has 0 aromatic carbocycles. The highest BCUT2D eigenvalue weighted by molar-refractivity contribution is 7.47. The SMILES string of the molecule is C=C1NC(=O)N(C2CCC([C@H](C)OP(=O)(O)OC(C)C)O2)C=C1C.FCP. The monoisotopic (exact) mass is 426 g/mol. The second-order valence-electron chi connectivity index (χ2n) is 6.42. The van der Waals surface area contributed by atoms with Crippen LogP contribution in [-0.4, -0.2) is 46.8 Å². The quantitative estimate of drug-likeness (QED) is 0.630. The van der Waals surface area contributed by atoms with Gasteiger partial charge >= 0.3 is 13.9 Å². The lowest BCUT2D eigenvalue weighted by Crippen LogP contribution is -2.46. The number of halogens is 1. The van der Waals surface area contributed by atoms with E-state index in [9.17, 15) is 18.6 Å². The van der Waals surface area contributed by atoms with Crippen LogP contribution in [-0.2, 0) is 18.3 Å². The summed E-state index contributed by atoms with van der Waals surface area (Å²) in [6.07, 6.45) is 0.638. The first-order chi connectivity index (χ1) is 12.5. The Morgan fingerprint density at radius 3 is 2.63 bits per heavy atom. The summed E-state index contributed by atoms with van der Waals surface area (Å²) in [5.41, 5.74) is 1.41. The number of phosphoric ester groups is 1. The van der Waals surface area contributed by atoms with Crippen LogP contribution in [0, 0.1) is 0 Å². The summed E-state index contributed by atoms with van der Waals surface area (Å²) in [7, 11) is -2.22. The van der Waals surface area contributed by atoms with Crippen molar-refractivity contribution in [2.45, 2.75) is 65.1 Å². The number of rotatable bonds is 6. The molecule has 4 unspecified atom stereocenters. The van der Waals surface area contributed by atoms with Crippen LogP contribution in [0.15, 0.2) is 24.0 Å². The van der Waals surface area contributed by atoms with Crippen molar-refractivity contribution in [1.29, 1.82) is 0 Å². The Bertz CT molecular complexity index is 616. The molecular weight excluding hydrogens is 397 g/mol. The van der Waals surface area contributed by atoms with E-state index in [1.165, 1.54) is 4.90 Å². The minimum Gasteiger partial charge on any atom is -0.352 e. The molecule has 11 heteroatoms. The van der Waals surface area contributed by atoms with Crippen molar-refractivity contribution >= 4 is 23.1 Å². The smallest absolute Gasteiger partial charge is 0.352 e. The maximum Gasteiger partial charge on any atom is 0.472 e. The Morgan fingerprint density at radius 1 is 1.48 bits per heavy atom. The number of hydrogen-bond donors (Lipinski definition) is 2. The van der Waals surface area contributed by atoms with Gasteiger partial charge in [0, 0.05) is 11.9 Å². The number of urea groups is 1. The minimum absolute atomic E-state index is 0.305. The van der Waals surface area contributed by atoms with E-state index >= 15 is 0 Å². The van der Waals surface area contributed by atoms with Gasteiger partial charge in [-0.2, -0.15) is 0 Å². The number of amides is 2. The van der Waals surface area contributed by atoms with Crippen molar-refractivity contribution < 1.29 is 32.4 Å². The predicted molar refractivity (Wildman–Crippen MR) is 103 cm³/mol. The molecule has 0 aromatic heterocycles. The molecule has 156 valence electrons. The largest absolute Gasteiger partial charge is 0.472 e. The first-order valence-corrected chi connectivity index (χ1v) is 10.9. The molecule has 1 fully saturated rings. The van der Waals surface area contributed by atoms with E-state index in [-0.39, 0.29) is 12.4 Å². The van der Waals surface area contributed by atoms with Crippen molar-refractivity contribution in [2.24, 2.45) is 0 Å². The van der Waals surface area contributed by atoms with Crippen LogP contribution < -0.4 is 5.32 Å². The van der Waals surface area contributed by atoms with E-state index in [1.54, 1.807) is 27.0 Å². The van der Waals surface area contributed by atoms with Gasteiger partial charge in [-0.3, -0.25) is 13.9 Å². The van der Waals surface area contributed by atoms with E-state index in [2.05, 4.69) is 11.9 Å². The zero-order valence-corrected chi connectivity index (χ0v) is 18.1. The second-order valence-corrected chi connectivity index (χ2v) is 8.09. The van der Waals surface area contributed by atoms with Gasteiger partial charge in [0.25, 0.3) is 0 Å². The van der Waals surface area contributed by atoms with Crippen LogP contribution in [0.5, 0.6) is 0 Å². The molecule has 0 radical (unpaired) electrons. The predicted octanol–water partition coefficient (Wildman–Crippen LogP) is 3.65. The van der Waals surface area contributed by atoms with Crippen molar-refractivity contribution in [3.05, 3.63) is 24.0 Å². The summed E-state index contributed by atoms with van der Waals surface area (Å²) in [6, 6.07) is -0.305. The van der Waals surface area contributed by atoms with Gasteiger partial charge < -0.3 is 14.9 Å². The normalized spacial score (nSPS) is 26.1. The Labute approximate surface area is 161 Å². The lowest BCUT2D eigenvalue weighted by molar-refractivity contribution is -0.0638. The van der Waals surface area contributed by atoms with Gasteiger partial charge in [0.2, 0.25) is 0 Å². The van der Waals surface area contributed by atoms with Gasteiger partial charge in [0.15, 0.2) is 0 Å². The third-order valence-corrected chi connectivity index (χ3v) is 5.10. The van der Waals surface area contributed by atoms with Crippen LogP contribution in [0.1, 0.15) is 40.5 Å². The molecule has 0 bridgehead atoms. The Balaban J connectivity index is 0.00000114. The summed E-state index contributed by atoms with van der Waals surface area (Å²) in [5, 5.41) is 2.67. The van der Waals surface area contributed by atoms with Crippen LogP contribution >= 0.6 is 17.1 Å². The number of carbonyl (C=O) groups excluding carboxylic acids is 1. The highest BCUT2D eigenvalue weighted by Crippen LogP contribution is 2.47. The van der Waals surface area contributed by atoms with Crippen molar-refractivity contribution in [3.8, 4) is 0 Å². The van der Waals surface area contributed by atoms with Crippen molar-refractivity contribution in [3.63, 3.8) is 0 Å². The number of alkyl halides is 1. The van der Waals surface area contributed by atoms with Crippen LogP contribution in [0.4, 0.5) is 9.18 Å². The molecule has 2 heterocycles. The first-order valence-electron chi connectivity index (χ1n) is 8.58. The topological polar surface area (TPSA) is 97.3 Å². The minimum atomic E-state index is -4.14. The van der Waals surface area contributed by atoms with E-state index in [0.29, 0.717) is 18.5 Å². The number of nitrogens with one attached hydrogen (secondary N) is 1. The number of phosphoric acid groups is 1. The average molecular weight is 426 g/mol. The van der Waals surface area contributed by atoms with Crippen molar-refractivity contribution in [1.82, 2.24) is 10.2 Å². The first kappa shape index (κ1) is 24.2. The molecule has 2 aliphatic heterocycles. The Morgan fingerprint density at radius 2 is 2.07 bits per heavy atom. The third-order valence-electron chi connectivity index (χ3n) is 3.81. The summed E-state index contributed by atoms with van der Waals surface area (Å²) < 4.78 is 38.0.